The molecule has 1 aromatic carbocycles. The summed E-state index contributed by atoms with van der Waals surface area (Å²) in [5, 5.41) is 25.1. The Morgan fingerprint density at radius 1 is 1.03 bits per heavy atom. The van der Waals surface area contributed by atoms with Crippen molar-refractivity contribution >= 4 is 23.9 Å². The van der Waals surface area contributed by atoms with Crippen molar-refractivity contribution in [3.8, 4) is 5.75 Å². The fourth-order valence-electron chi connectivity index (χ4n) is 2.22. The number of benzene rings is 1. The minimum atomic E-state index is -1.21. The number of hydrogen-bond donors (Lipinski definition) is 5. The molecule has 160 valence electrons. The molecule has 0 aliphatic rings. The van der Waals surface area contributed by atoms with E-state index in [9.17, 15) is 24.3 Å². The molecule has 0 aromatic heterocycles. The molecular formula is C19H27N3O7. The highest BCUT2D eigenvalue weighted by molar-refractivity contribution is 5.92. The summed E-state index contributed by atoms with van der Waals surface area (Å²) in [6, 6.07) is 3.98. The van der Waals surface area contributed by atoms with Gasteiger partial charge in [-0.25, -0.2) is 4.79 Å². The molecule has 0 aliphatic carbocycles. The fourth-order valence-corrected chi connectivity index (χ4v) is 2.22. The number of ether oxygens (including phenoxy) is 1. The summed E-state index contributed by atoms with van der Waals surface area (Å²) in [6.07, 6.45) is -0.728. The van der Waals surface area contributed by atoms with Crippen molar-refractivity contribution in [3.63, 3.8) is 0 Å². The van der Waals surface area contributed by atoms with Crippen LogP contribution in [0.3, 0.4) is 0 Å². The number of hydrogen-bond acceptors (Lipinski definition) is 6. The molecule has 0 bridgehead atoms. The zero-order valence-electron chi connectivity index (χ0n) is 16.8. The van der Waals surface area contributed by atoms with Crippen molar-refractivity contribution in [1.82, 2.24) is 16.0 Å². The molecule has 0 aliphatic heterocycles. The molecule has 0 unspecified atom stereocenters. The predicted octanol–water partition coefficient (Wildman–Crippen LogP) is 0.534. The summed E-state index contributed by atoms with van der Waals surface area (Å²) in [6.45, 7) is 5.84. The topological polar surface area (TPSA) is 154 Å². The Morgan fingerprint density at radius 2 is 1.62 bits per heavy atom. The zero-order chi connectivity index (χ0) is 22.2. The summed E-state index contributed by atoms with van der Waals surface area (Å²) in [5.41, 5.74) is -0.116. The highest BCUT2D eigenvalue weighted by atomic mass is 16.6. The number of aromatic hydroxyl groups is 1. The third-order valence-corrected chi connectivity index (χ3v) is 3.55. The summed E-state index contributed by atoms with van der Waals surface area (Å²) >= 11 is 0. The van der Waals surface area contributed by atoms with Crippen LogP contribution in [0.5, 0.6) is 5.75 Å². The first-order valence-corrected chi connectivity index (χ1v) is 8.94. The number of phenolic OH excluding ortho intramolecular Hbond substituents is 1. The molecule has 0 fully saturated rings. The van der Waals surface area contributed by atoms with Gasteiger partial charge in [0.1, 0.15) is 30.0 Å². The summed E-state index contributed by atoms with van der Waals surface area (Å²) < 4.78 is 5.18. The average molecular weight is 409 g/mol. The molecule has 0 heterocycles. The maximum atomic E-state index is 12.6. The molecule has 3 amide bonds. The smallest absolute Gasteiger partial charge is 0.408 e. The van der Waals surface area contributed by atoms with Crippen LogP contribution in [0.25, 0.3) is 0 Å². The van der Waals surface area contributed by atoms with Gasteiger partial charge in [0.2, 0.25) is 11.8 Å². The monoisotopic (exact) mass is 409 g/mol. The first kappa shape index (κ1) is 23.7. The maximum Gasteiger partial charge on any atom is 0.408 e. The highest BCUT2D eigenvalue weighted by Crippen LogP contribution is 2.12. The number of alkyl carbamates (subject to hydrolysis) is 1. The minimum absolute atomic E-state index is 0.0542. The molecule has 5 N–H and O–H groups in total. The normalized spacial score (nSPS) is 13.0. The number of aliphatic carboxylic acids is 1. The number of phenols is 1. The van der Waals surface area contributed by atoms with Crippen LogP contribution in [-0.4, -0.2) is 58.3 Å². The molecular weight excluding hydrogens is 382 g/mol. The van der Waals surface area contributed by atoms with E-state index in [-0.39, 0.29) is 12.2 Å². The van der Waals surface area contributed by atoms with E-state index in [1.54, 1.807) is 32.9 Å². The molecule has 29 heavy (non-hydrogen) atoms. The van der Waals surface area contributed by atoms with E-state index in [0.717, 1.165) is 0 Å². The van der Waals surface area contributed by atoms with E-state index >= 15 is 0 Å². The average Bonchev–Trinajstić information content (AvgIpc) is 2.59. The van der Waals surface area contributed by atoms with Gasteiger partial charge in [-0.05, 0) is 45.4 Å². The van der Waals surface area contributed by atoms with E-state index in [4.69, 9.17) is 9.84 Å². The largest absolute Gasteiger partial charge is 0.508 e. The van der Waals surface area contributed by atoms with Crippen molar-refractivity contribution in [2.45, 2.75) is 51.8 Å². The van der Waals surface area contributed by atoms with Crippen molar-refractivity contribution in [2.75, 3.05) is 6.54 Å². The van der Waals surface area contributed by atoms with E-state index in [0.29, 0.717) is 5.56 Å². The first-order chi connectivity index (χ1) is 13.4. The third-order valence-electron chi connectivity index (χ3n) is 3.55. The Morgan fingerprint density at radius 3 is 2.14 bits per heavy atom. The highest BCUT2D eigenvalue weighted by Gasteiger charge is 2.27. The zero-order valence-corrected chi connectivity index (χ0v) is 16.8. The second-order valence-electron chi connectivity index (χ2n) is 7.41. The predicted molar refractivity (Wildman–Crippen MR) is 103 cm³/mol. The van der Waals surface area contributed by atoms with Gasteiger partial charge in [0.15, 0.2) is 0 Å². The first-order valence-electron chi connectivity index (χ1n) is 8.94. The standard InChI is InChI=1S/C19H27N3O7/c1-11(16(26)20-10-15(24)25)21-17(27)14(22-18(28)29-19(2,3)4)9-12-5-7-13(23)8-6-12/h5-8,11,14,23H,9-10H2,1-4H3,(H,20,26)(H,21,27)(H,22,28)(H,24,25)/t11-,14-/m0/s1. The van der Waals surface area contributed by atoms with E-state index < -0.39 is 48.1 Å². The third kappa shape index (κ3) is 9.45. The molecule has 0 spiro atoms. The number of carbonyl (C=O) groups is 4. The Labute approximate surface area is 168 Å². The van der Waals surface area contributed by atoms with E-state index in [2.05, 4.69) is 16.0 Å². The molecule has 0 saturated carbocycles. The van der Waals surface area contributed by atoms with Crippen LogP contribution in [0.2, 0.25) is 0 Å². The molecule has 1 rings (SSSR count). The van der Waals surface area contributed by atoms with Crippen molar-refractivity contribution in [1.29, 1.82) is 0 Å². The summed E-state index contributed by atoms with van der Waals surface area (Å²) in [5.74, 6) is -2.49. The summed E-state index contributed by atoms with van der Waals surface area (Å²) in [7, 11) is 0. The lowest BCUT2D eigenvalue weighted by Crippen LogP contribution is -2.54. The molecule has 10 nitrogen and oxygen atoms in total. The van der Waals surface area contributed by atoms with Crippen LogP contribution in [0.15, 0.2) is 24.3 Å². The lowest BCUT2D eigenvalue weighted by molar-refractivity contribution is -0.138. The van der Waals surface area contributed by atoms with Crippen LogP contribution in [0, 0.1) is 0 Å². The van der Waals surface area contributed by atoms with E-state index in [1.807, 2.05) is 0 Å². The lowest BCUT2D eigenvalue weighted by Gasteiger charge is -2.24. The van der Waals surface area contributed by atoms with Crippen LogP contribution < -0.4 is 16.0 Å². The minimum Gasteiger partial charge on any atom is -0.508 e. The Hall–Kier alpha value is -3.30. The van der Waals surface area contributed by atoms with Gasteiger partial charge in [0.25, 0.3) is 0 Å². The van der Waals surface area contributed by atoms with Gasteiger partial charge in [-0.1, -0.05) is 12.1 Å². The number of carbonyl (C=O) groups excluding carboxylic acids is 3. The van der Waals surface area contributed by atoms with Gasteiger partial charge in [-0.3, -0.25) is 14.4 Å². The molecule has 0 saturated heterocycles. The number of carboxylic acid groups (broad SMARTS) is 1. The second kappa shape index (κ2) is 10.3. The number of nitrogens with one attached hydrogen (secondary N) is 3. The van der Waals surface area contributed by atoms with Crippen LogP contribution in [-0.2, 0) is 25.5 Å². The molecule has 2 atom stereocenters. The van der Waals surface area contributed by atoms with Crippen LogP contribution in [0.1, 0.15) is 33.3 Å². The molecule has 10 heteroatoms. The van der Waals surface area contributed by atoms with Crippen LogP contribution >= 0.6 is 0 Å². The summed E-state index contributed by atoms with van der Waals surface area (Å²) in [4.78, 5) is 47.2. The fraction of sp³-hybridized carbons (Fsp3) is 0.474. The van der Waals surface area contributed by atoms with E-state index in [1.165, 1.54) is 19.1 Å². The Kier molecular flexibility index (Phi) is 8.43. The Balaban J connectivity index is 2.86. The molecule has 1 aromatic rings. The maximum absolute atomic E-state index is 12.6. The number of rotatable bonds is 8. The second-order valence-corrected chi connectivity index (χ2v) is 7.41. The van der Waals surface area contributed by atoms with Crippen LogP contribution in [0.4, 0.5) is 4.79 Å². The molecule has 0 radical (unpaired) electrons. The SMILES string of the molecule is C[C@H](NC(=O)[C@H](Cc1ccc(O)cc1)NC(=O)OC(C)(C)C)C(=O)NCC(=O)O. The van der Waals surface area contributed by atoms with Gasteiger partial charge in [0.05, 0.1) is 0 Å². The van der Waals surface area contributed by atoms with Crippen molar-refractivity contribution < 1.29 is 34.1 Å². The van der Waals surface area contributed by atoms with Gasteiger partial charge < -0.3 is 30.9 Å². The van der Waals surface area contributed by atoms with Crippen molar-refractivity contribution in [3.05, 3.63) is 29.8 Å². The van der Waals surface area contributed by atoms with Crippen molar-refractivity contribution in [2.24, 2.45) is 0 Å². The van der Waals surface area contributed by atoms with Gasteiger partial charge in [0, 0.05) is 6.42 Å². The van der Waals surface area contributed by atoms with Gasteiger partial charge in [-0.15, -0.1) is 0 Å². The number of amides is 3. The number of carboxylic acids is 1. The van der Waals surface area contributed by atoms with Gasteiger partial charge >= 0.3 is 12.1 Å². The quantitative estimate of drug-likeness (QED) is 0.420. The Bertz CT molecular complexity index is 741. The van der Waals surface area contributed by atoms with Gasteiger partial charge in [-0.2, -0.15) is 0 Å². The lowest BCUT2D eigenvalue weighted by atomic mass is 10.0.